The number of carboxylic acid groups (broad SMARTS) is 1. The largest absolute Gasteiger partial charge is 0.478 e. The minimum atomic E-state index is -0.927. The number of hydrogen-bond donors (Lipinski definition) is 2. The molecular formula is C18H18N2O2. The van der Waals surface area contributed by atoms with Gasteiger partial charge in [0.05, 0.1) is 17.0 Å². The monoisotopic (exact) mass is 294 g/mol. The van der Waals surface area contributed by atoms with Crippen LogP contribution in [0.15, 0.2) is 47.6 Å². The van der Waals surface area contributed by atoms with Crippen molar-refractivity contribution in [1.29, 1.82) is 0 Å². The van der Waals surface area contributed by atoms with Crippen LogP contribution in [0.3, 0.4) is 0 Å². The first-order valence-corrected chi connectivity index (χ1v) is 7.39. The van der Waals surface area contributed by atoms with Crippen molar-refractivity contribution < 1.29 is 9.90 Å². The lowest BCUT2D eigenvalue weighted by atomic mass is 10.0. The Morgan fingerprint density at radius 2 is 1.73 bits per heavy atom. The molecule has 1 aliphatic carbocycles. The summed E-state index contributed by atoms with van der Waals surface area (Å²) in [6, 6.07) is 13.1. The predicted octanol–water partition coefficient (Wildman–Crippen LogP) is 3.71. The number of benzene rings is 2. The van der Waals surface area contributed by atoms with E-state index in [0.717, 1.165) is 23.4 Å². The van der Waals surface area contributed by atoms with Crippen molar-refractivity contribution in [2.24, 2.45) is 5.10 Å². The van der Waals surface area contributed by atoms with Gasteiger partial charge in [-0.3, -0.25) is 5.43 Å². The number of hydrazone groups is 1. The molecule has 0 aliphatic heterocycles. The number of nitrogens with one attached hydrogen (secondary N) is 1. The highest BCUT2D eigenvalue weighted by atomic mass is 16.4. The zero-order valence-electron chi connectivity index (χ0n) is 12.5. The van der Waals surface area contributed by atoms with Crippen molar-refractivity contribution >= 4 is 17.4 Å². The number of carbonyl (C=O) groups is 1. The second-order valence-electron chi connectivity index (χ2n) is 5.53. The van der Waals surface area contributed by atoms with Crippen molar-refractivity contribution in [2.45, 2.75) is 26.2 Å². The van der Waals surface area contributed by atoms with Crippen molar-refractivity contribution in [1.82, 2.24) is 0 Å². The van der Waals surface area contributed by atoms with Crippen LogP contribution >= 0.6 is 0 Å². The smallest absolute Gasteiger partial charge is 0.335 e. The first-order valence-electron chi connectivity index (χ1n) is 7.39. The molecule has 4 heteroatoms. The molecular weight excluding hydrogens is 276 g/mol. The maximum absolute atomic E-state index is 10.8. The topological polar surface area (TPSA) is 61.7 Å². The van der Waals surface area contributed by atoms with Crippen molar-refractivity contribution in [2.75, 3.05) is 5.43 Å². The fourth-order valence-electron chi connectivity index (χ4n) is 2.70. The fraction of sp³-hybridized carbons (Fsp3) is 0.222. The number of rotatable bonds is 4. The summed E-state index contributed by atoms with van der Waals surface area (Å²) in [7, 11) is 0. The van der Waals surface area contributed by atoms with Crippen molar-refractivity contribution in [3.8, 4) is 0 Å². The number of hydrogen-bond acceptors (Lipinski definition) is 3. The van der Waals surface area contributed by atoms with Crippen LogP contribution < -0.4 is 5.43 Å². The van der Waals surface area contributed by atoms with E-state index in [-0.39, 0.29) is 5.56 Å². The van der Waals surface area contributed by atoms with E-state index in [2.05, 4.69) is 28.7 Å². The lowest BCUT2D eigenvalue weighted by Crippen LogP contribution is -2.01. The molecule has 0 atom stereocenters. The lowest BCUT2D eigenvalue weighted by Gasteiger charge is -2.06. The van der Waals surface area contributed by atoms with E-state index in [1.54, 1.807) is 24.3 Å². The molecule has 0 saturated carbocycles. The first kappa shape index (κ1) is 14.3. The molecule has 0 heterocycles. The summed E-state index contributed by atoms with van der Waals surface area (Å²) >= 11 is 0. The number of aryl methyl sites for hydroxylation is 2. The quantitative estimate of drug-likeness (QED) is 0.667. The summed E-state index contributed by atoms with van der Waals surface area (Å²) in [4.78, 5) is 10.8. The third-order valence-corrected chi connectivity index (χ3v) is 4.00. The number of nitrogens with zero attached hydrogens (tertiary/aromatic N) is 1. The molecule has 2 aromatic rings. The maximum atomic E-state index is 10.8. The lowest BCUT2D eigenvalue weighted by molar-refractivity contribution is 0.0697. The number of aromatic carboxylic acids is 1. The highest BCUT2D eigenvalue weighted by Crippen LogP contribution is 2.23. The minimum Gasteiger partial charge on any atom is -0.478 e. The second kappa shape index (κ2) is 6.02. The Morgan fingerprint density at radius 3 is 2.45 bits per heavy atom. The van der Waals surface area contributed by atoms with Crippen LogP contribution in [-0.2, 0) is 12.8 Å². The van der Waals surface area contributed by atoms with Crippen LogP contribution in [0.4, 0.5) is 5.69 Å². The SMILES string of the molecule is C/C(=N/Nc1ccc(C(=O)O)cc1)c1ccc2c(c1)CCC2. The zero-order valence-corrected chi connectivity index (χ0v) is 12.5. The van der Waals surface area contributed by atoms with Gasteiger partial charge in [0.15, 0.2) is 0 Å². The average Bonchev–Trinajstić information content (AvgIpc) is 3.00. The summed E-state index contributed by atoms with van der Waals surface area (Å²) in [6.07, 6.45) is 3.57. The average molecular weight is 294 g/mol. The molecule has 0 unspecified atom stereocenters. The Bertz CT molecular complexity index is 733. The van der Waals surface area contributed by atoms with Gasteiger partial charge in [-0.15, -0.1) is 0 Å². The molecule has 0 bridgehead atoms. The zero-order chi connectivity index (χ0) is 15.5. The second-order valence-corrected chi connectivity index (χ2v) is 5.53. The molecule has 3 rings (SSSR count). The summed E-state index contributed by atoms with van der Waals surface area (Å²) in [6.45, 7) is 1.97. The summed E-state index contributed by atoms with van der Waals surface area (Å²) in [5.74, 6) is -0.927. The fourth-order valence-corrected chi connectivity index (χ4v) is 2.70. The molecule has 0 radical (unpaired) electrons. The molecule has 1 aliphatic rings. The van der Waals surface area contributed by atoms with Gasteiger partial charge in [0.2, 0.25) is 0 Å². The van der Waals surface area contributed by atoms with Gasteiger partial charge in [0.25, 0.3) is 0 Å². The summed E-state index contributed by atoms with van der Waals surface area (Å²) in [5.41, 5.74) is 8.92. The molecule has 112 valence electrons. The van der Waals surface area contributed by atoms with Crippen molar-refractivity contribution in [3.63, 3.8) is 0 Å². The summed E-state index contributed by atoms with van der Waals surface area (Å²) in [5, 5.41) is 13.3. The molecule has 22 heavy (non-hydrogen) atoms. The third-order valence-electron chi connectivity index (χ3n) is 4.00. The molecule has 0 fully saturated rings. The Balaban J connectivity index is 1.73. The van der Waals surface area contributed by atoms with Crippen LogP contribution in [0.25, 0.3) is 0 Å². The van der Waals surface area contributed by atoms with Gasteiger partial charge in [-0.25, -0.2) is 4.79 Å². The van der Waals surface area contributed by atoms with Crippen LogP contribution in [0.1, 0.15) is 40.4 Å². The molecule has 2 aromatic carbocycles. The van der Waals surface area contributed by atoms with Crippen molar-refractivity contribution in [3.05, 3.63) is 64.7 Å². The number of anilines is 1. The highest BCUT2D eigenvalue weighted by molar-refractivity contribution is 5.99. The maximum Gasteiger partial charge on any atom is 0.335 e. The third kappa shape index (κ3) is 3.01. The van der Waals surface area contributed by atoms with Gasteiger partial charge >= 0.3 is 5.97 Å². The Kier molecular flexibility index (Phi) is 3.92. The molecule has 4 nitrogen and oxygen atoms in total. The summed E-state index contributed by atoms with van der Waals surface area (Å²) < 4.78 is 0. The normalized spacial score (nSPS) is 13.8. The number of fused-ring (bicyclic) bond motifs is 1. The Labute approximate surface area is 129 Å². The standard InChI is InChI=1S/C18H18N2O2/c1-12(15-6-5-13-3-2-4-16(13)11-15)19-20-17-9-7-14(8-10-17)18(21)22/h5-11,20H,2-4H2,1H3,(H,21,22)/b19-12-. The van der Waals surface area contributed by atoms with E-state index >= 15 is 0 Å². The molecule has 0 saturated heterocycles. The molecule has 0 amide bonds. The number of carboxylic acids is 1. The van der Waals surface area contributed by atoms with Gasteiger partial charge < -0.3 is 5.11 Å². The van der Waals surface area contributed by atoms with Gasteiger partial charge in [0, 0.05) is 0 Å². The highest BCUT2D eigenvalue weighted by Gasteiger charge is 2.11. The minimum absolute atomic E-state index is 0.268. The van der Waals surface area contributed by atoms with E-state index in [1.807, 2.05) is 6.92 Å². The van der Waals surface area contributed by atoms with Gasteiger partial charge in [-0.05, 0) is 73.2 Å². The van der Waals surface area contributed by atoms with Crippen LogP contribution in [0.2, 0.25) is 0 Å². The first-order chi connectivity index (χ1) is 10.6. The van der Waals surface area contributed by atoms with Gasteiger partial charge in [-0.1, -0.05) is 12.1 Å². The van der Waals surface area contributed by atoms with Gasteiger partial charge in [0.1, 0.15) is 0 Å². The van der Waals surface area contributed by atoms with Crippen LogP contribution in [0.5, 0.6) is 0 Å². The molecule has 0 aromatic heterocycles. The van der Waals surface area contributed by atoms with E-state index in [1.165, 1.54) is 24.0 Å². The Hall–Kier alpha value is -2.62. The predicted molar refractivity (Wildman–Crippen MR) is 87.7 cm³/mol. The van der Waals surface area contributed by atoms with E-state index in [0.29, 0.717) is 0 Å². The van der Waals surface area contributed by atoms with Gasteiger partial charge in [-0.2, -0.15) is 5.10 Å². The van der Waals surface area contributed by atoms with Crippen LogP contribution in [-0.4, -0.2) is 16.8 Å². The molecule has 2 N–H and O–H groups in total. The van der Waals surface area contributed by atoms with Crippen LogP contribution in [0, 0.1) is 0 Å². The Morgan fingerprint density at radius 1 is 1.05 bits per heavy atom. The van der Waals surface area contributed by atoms with E-state index in [9.17, 15) is 4.79 Å². The van der Waals surface area contributed by atoms with E-state index in [4.69, 9.17) is 5.11 Å². The van der Waals surface area contributed by atoms with E-state index < -0.39 is 5.97 Å². The molecule has 0 spiro atoms.